The predicted molar refractivity (Wildman–Crippen MR) is 116 cm³/mol. The Morgan fingerprint density at radius 2 is 1.36 bits per heavy atom. The Labute approximate surface area is 156 Å². The van der Waals surface area contributed by atoms with Crippen LogP contribution in [-0.2, 0) is 0 Å². The van der Waals surface area contributed by atoms with Crippen molar-refractivity contribution in [3.05, 3.63) is 72.3 Å². The van der Waals surface area contributed by atoms with Gasteiger partial charge in [0.15, 0.2) is 0 Å². The van der Waals surface area contributed by atoms with Crippen LogP contribution in [0.2, 0.25) is 10.6 Å². The van der Waals surface area contributed by atoms with Crippen molar-refractivity contribution in [2.75, 3.05) is 0 Å². The van der Waals surface area contributed by atoms with Crippen molar-refractivity contribution >= 4 is 18.4 Å². The van der Waals surface area contributed by atoms with Gasteiger partial charge in [-0.2, -0.15) is 0 Å². The molecule has 0 amide bonds. The van der Waals surface area contributed by atoms with Gasteiger partial charge in [0, 0.05) is 0 Å². The van der Waals surface area contributed by atoms with Crippen LogP contribution in [0.25, 0.3) is 0 Å². The van der Waals surface area contributed by atoms with Crippen LogP contribution in [-0.4, -0.2) is 8.07 Å². The van der Waals surface area contributed by atoms with E-state index in [0.29, 0.717) is 5.54 Å². The maximum absolute atomic E-state index is 2.48. The molecule has 0 nitrogen and oxygen atoms in total. The van der Waals surface area contributed by atoms with Gasteiger partial charge in [0.1, 0.15) is 8.07 Å². The molecule has 0 aliphatic carbocycles. The normalized spacial score (nSPS) is 14.4. The monoisotopic (exact) mass is 350 g/mol. The second kappa shape index (κ2) is 8.18. The van der Waals surface area contributed by atoms with E-state index in [1.165, 1.54) is 12.8 Å². The van der Waals surface area contributed by atoms with Crippen LogP contribution in [0.1, 0.15) is 54.4 Å². The van der Waals surface area contributed by atoms with Gasteiger partial charge in [0.25, 0.3) is 0 Å². The van der Waals surface area contributed by atoms with Crippen LogP contribution >= 0.6 is 0 Å². The minimum absolute atomic E-state index is 0.219. The first-order valence-corrected chi connectivity index (χ1v) is 11.7. The largest absolute Gasteiger partial charge is 0.129 e. The van der Waals surface area contributed by atoms with Gasteiger partial charge in [-0.15, -0.1) is 0 Å². The van der Waals surface area contributed by atoms with Crippen LogP contribution in [0.3, 0.4) is 0 Å². The van der Waals surface area contributed by atoms with Crippen LogP contribution < -0.4 is 10.4 Å². The molecule has 2 rings (SSSR count). The molecule has 0 bridgehead atoms. The lowest BCUT2D eigenvalue weighted by atomic mass is 10.1. The van der Waals surface area contributed by atoms with Gasteiger partial charge in [-0.3, -0.25) is 0 Å². The van der Waals surface area contributed by atoms with E-state index in [9.17, 15) is 0 Å². The molecule has 0 aliphatic heterocycles. The maximum Gasteiger partial charge on any atom is 0.129 e. The fourth-order valence-corrected chi connectivity index (χ4v) is 11.1. The van der Waals surface area contributed by atoms with Gasteiger partial charge in [-0.05, 0) is 23.9 Å². The zero-order chi connectivity index (χ0) is 18.5. The summed E-state index contributed by atoms with van der Waals surface area (Å²) in [5.41, 5.74) is 2.11. The third-order valence-corrected chi connectivity index (χ3v) is 12.3. The summed E-state index contributed by atoms with van der Waals surface area (Å²) >= 11 is 0. The average molecular weight is 351 g/mol. The predicted octanol–water partition coefficient (Wildman–Crippen LogP) is 6.19. The van der Waals surface area contributed by atoms with E-state index >= 15 is 0 Å². The zero-order valence-electron chi connectivity index (χ0n) is 16.8. The Kier molecular flexibility index (Phi) is 6.45. The number of hydrogen-bond donors (Lipinski definition) is 0. The van der Waals surface area contributed by atoms with E-state index in [0.717, 1.165) is 0 Å². The van der Waals surface area contributed by atoms with Crippen molar-refractivity contribution in [2.45, 2.75) is 65.0 Å². The minimum Gasteiger partial charge on any atom is -0.0856 e. The molecular weight excluding hydrogens is 316 g/mol. The highest BCUT2D eigenvalue weighted by Crippen LogP contribution is 2.45. The van der Waals surface area contributed by atoms with Crippen molar-refractivity contribution < 1.29 is 0 Å². The molecule has 2 aromatic carbocycles. The Morgan fingerprint density at radius 1 is 0.920 bits per heavy atom. The molecule has 0 aromatic heterocycles. The van der Waals surface area contributed by atoms with Crippen molar-refractivity contribution in [3.63, 3.8) is 0 Å². The molecule has 0 aliphatic rings. The van der Waals surface area contributed by atoms with E-state index in [1.807, 2.05) is 0 Å². The fourth-order valence-electron chi connectivity index (χ4n) is 4.47. The van der Waals surface area contributed by atoms with Crippen LogP contribution in [0.4, 0.5) is 0 Å². The second-order valence-electron chi connectivity index (χ2n) is 8.25. The number of unbranched alkanes of at least 4 members (excludes halogenated alkanes) is 1. The lowest BCUT2D eigenvalue weighted by Gasteiger charge is -2.49. The van der Waals surface area contributed by atoms with Crippen molar-refractivity contribution in [1.82, 2.24) is 0 Å². The van der Waals surface area contributed by atoms with Gasteiger partial charge in [-0.25, -0.2) is 0 Å². The second-order valence-corrected chi connectivity index (χ2v) is 13.4. The van der Waals surface area contributed by atoms with Crippen LogP contribution in [0.5, 0.6) is 0 Å². The highest BCUT2D eigenvalue weighted by molar-refractivity contribution is 7.05. The quantitative estimate of drug-likeness (QED) is 0.430. The maximum atomic E-state index is 2.48. The van der Waals surface area contributed by atoms with Crippen LogP contribution in [0.15, 0.2) is 72.3 Å². The van der Waals surface area contributed by atoms with Gasteiger partial charge >= 0.3 is 0 Å². The molecule has 134 valence electrons. The molecule has 0 saturated carbocycles. The lowest BCUT2D eigenvalue weighted by Crippen LogP contribution is -2.66. The molecular formula is C24H34Si. The van der Waals surface area contributed by atoms with E-state index in [2.05, 4.69) is 108 Å². The summed E-state index contributed by atoms with van der Waals surface area (Å²) in [7, 11) is -2.03. The molecule has 0 saturated heterocycles. The van der Waals surface area contributed by atoms with Gasteiger partial charge in [0.05, 0.1) is 0 Å². The topological polar surface area (TPSA) is 0 Å². The fraction of sp³-hybridized carbons (Fsp3) is 0.417. The molecule has 0 heterocycles. The first kappa shape index (κ1) is 19.7. The summed E-state index contributed by atoms with van der Waals surface area (Å²) < 4.78 is 0. The number of allylic oxidation sites excluding steroid dienone is 2. The molecule has 25 heavy (non-hydrogen) atoms. The minimum atomic E-state index is -2.03. The molecule has 0 spiro atoms. The Bertz CT molecular complexity index is 638. The highest BCUT2D eigenvalue weighted by atomic mass is 28.3. The number of rotatable bonds is 6. The van der Waals surface area contributed by atoms with Crippen molar-refractivity contribution in [3.8, 4) is 0 Å². The summed E-state index contributed by atoms with van der Waals surface area (Å²) in [5.74, 6) is 0. The average Bonchev–Trinajstić information content (AvgIpc) is 2.60. The Hall–Kier alpha value is -1.60. The third-order valence-electron chi connectivity index (χ3n) is 5.73. The number of benzene rings is 2. The Balaban J connectivity index is 2.77. The lowest BCUT2D eigenvalue weighted by molar-refractivity contribution is 0.711. The standard InChI is InChI=1S/C24H34Si/c1-7-8-15-20(2)21(3)25(24(4,5)6,22-16-11-9-12-17-22)23-18-13-10-14-19-23/h9-19,21H,7-8H2,1-6H3. The molecule has 0 radical (unpaired) electrons. The van der Waals surface area contributed by atoms with Gasteiger partial charge < -0.3 is 0 Å². The summed E-state index contributed by atoms with van der Waals surface area (Å²) in [6, 6.07) is 22.6. The molecule has 0 N–H and O–H groups in total. The van der Waals surface area contributed by atoms with E-state index in [1.54, 1.807) is 15.9 Å². The molecule has 0 fully saturated rings. The number of hydrogen-bond acceptors (Lipinski definition) is 0. The summed E-state index contributed by atoms with van der Waals surface area (Å²) in [5, 5.41) is 3.31. The van der Waals surface area contributed by atoms with E-state index in [4.69, 9.17) is 0 Å². The molecule has 2 aromatic rings. The highest BCUT2D eigenvalue weighted by Gasteiger charge is 2.51. The molecule has 1 unspecified atom stereocenters. The third kappa shape index (κ3) is 3.82. The summed E-state index contributed by atoms with van der Waals surface area (Å²) in [4.78, 5) is 0. The van der Waals surface area contributed by atoms with Gasteiger partial charge in [0.2, 0.25) is 0 Å². The van der Waals surface area contributed by atoms with E-state index < -0.39 is 8.07 Å². The summed E-state index contributed by atoms with van der Waals surface area (Å²) in [6.45, 7) is 14.4. The van der Waals surface area contributed by atoms with E-state index in [-0.39, 0.29) is 5.04 Å². The zero-order valence-corrected chi connectivity index (χ0v) is 17.8. The van der Waals surface area contributed by atoms with Crippen molar-refractivity contribution in [1.29, 1.82) is 0 Å². The van der Waals surface area contributed by atoms with Gasteiger partial charge in [-0.1, -0.05) is 124 Å². The first-order chi connectivity index (χ1) is 11.9. The smallest absolute Gasteiger partial charge is 0.0856 e. The summed E-state index contributed by atoms with van der Waals surface area (Å²) in [6.07, 6.45) is 4.86. The van der Waals surface area contributed by atoms with Crippen LogP contribution in [0, 0.1) is 0 Å². The first-order valence-electron chi connectivity index (χ1n) is 9.63. The Morgan fingerprint density at radius 3 is 1.72 bits per heavy atom. The van der Waals surface area contributed by atoms with Crippen molar-refractivity contribution in [2.24, 2.45) is 0 Å². The molecule has 1 atom stereocenters. The molecule has 1 heteroatoms. The SMILES string of the molecule is CCCC=C(C)C(C)[Si](c1ccccc1)(c1ccccc1)C(C)(C)C.